The lowest BCUT2D eigenvalue weighted by atomic mass is 9.93. The van der Waals surface area contributed by atoms with Gasteiger partial charge in [0.25, 0.3) is 0 Å². The van der Waals surface area contributed by atoms with E-state index in [2.05, 4.69) is 0 Å². The van der Waals surface area contributed by atoms with E-state index < -0.39 is 12.1 Å². The number of halogens is 3. The second-order valence-electron chi connectivity index (χ2n) is 5.36. The molecule has 1 fully saturated rings. The molecule has 112 valence electrons. The lowest BCUT2D eigenvalue weighted by molar-refractivity contribution is -0.188. The molecule has 0 aromatic heterocycles. The van der Waals surface area contributed by atoms with Gasteiger partial charge in [-0.2, -0.15) is 13.2 Å². The van der Waals surface area contributed by atoms with Crippen LogP contribution in [0.25, 0.3) is 0 Å². The third-order valence-electron chi connectivity index (χ3n) is 4.04. The summed E-state index contributed by atoms with van der Waals surface area (Å²) in [5.41, 5.74) is 0.720. The van der Waals surface area contributed by atoms with Crippen molar-refractivity contribution in [2.24, 2.45) is 5.92 Å². The van der Waals surface area contributed by atoms with Crippen molar-refractivity contribution in [3.63, 3.8) is 0 Å². The highest BCUT2D eigenvalue weighted by Gasteiger charge is 2.42. The highest BCUT2D eigenvalue weighted by Crippen LogP contribution is 2.38. The van der Waals surface area contributed by atoms with E-state index in [1.165, 1.54) is 0 Å². The molecule has 2 atom stereocenters. The summed E-state index contributed by atoms with van der Waals surface area (Å²) in [6.07, 6.45) is -2.69. The Morgan fingerprint density at radius 3 is 2.65 bits per heavy atom. The topological polar surface area (TPSA) is 23.5 Å². The quantitative estimate of drug-likeness (QED) is 0.904. The van der Waals surface area contributed by atoms with Crippen LogP contribution in [0.5, 0.6) is 5.75 Å². The SMILES string of the molecule is CCC(c1ccccc1O)N1CCCC(C(F)(F)F)C1. The van der Waals surface area contributed by atoms with E-state index in [-0.39, 0.29) is 24.8 Å². The van der Waals surface area contributed by atoms with Crippen LogP contribution in [0.1, 0.15) is 37.8 Å². The Bertz CT molecular complexity index is 447. The molecule has 0 bridgehead atoms. The van der Waals surface area contributed by atoms with Crippen LogP contribution < -0.4 is 0 Å². The number of likely N-dealkylation sites (tertiary alicyclic amines) is 1. The van der Waals surface area contributed by atoms with E-state index in [1.54, 1.807) is 18.2 Å². The molecular weight excluding hydrogens is 267 g/mol. The largest absolute Gasteiger partial charge is 0.508 e. The van der Waals surface area contributed by atoms with Crippen molar-refractivity contribution in [3.8, 4) is 5.75 Å². The fraction of sp³-hybridized carbons (Fsp3) is 0.600. The van der Waals surface area contributed by atoms with Gasteiger partial charge in [0.1, 0.15) is 5.75 Å². The van der Waals surface area contributed by atoms with Gasteiger partial charge >= 0.3 is 6.18 Å². The predicted octanol–water partition coefficient (Wildman–Crippen LogP) is 4.12. The van der Waals surface area contributed by atoms with E-state index in [0.29, 0.717) is 19.4 Å². The van der Waals surface area contributed by atoms with Gasteiger partial charge in [-0.25, -0.2) is 0 Å². The van der Waals surface area contributed by atoms with Gasteiger partial charge in [-0.05, 0) is 31.9 Å². The summed E-state index contributed by atoms with van der Waals surface area (Å²) in [7, 11) is 0. The van der Waals surface area contributed by atoms with Crippen molar-refractivity contribution >= 4 is 0 Å². The van der Waals surface area contributed by atoms with Crippen LogP contribution >= 0.6 is 0 Å². The molecule has 1 aliphatic rings. The van der Waals surface area contributed by atoms with Crippen LogP contribution in [0, 0.1) is 5.92 Å². The number of hydrogen-bond acceptors (Lipinski definition) is 2. The lowest BCUT2D eigenvalue weighted by Crippen LogP contribution is -2.43. The Morgan fingerprint density at radius 2 is 2.05 bits per heavy atom. The molecule has 0 aliphatic carbocycles. The number of piperidine rings is 1. The Hall–Kier alpha value is -1.23. The predicted molar refractivity (Wildman–Crippen MR) is 71.5 cm³/mol. The molecule has 1 aromatic rings. The molecule has 1 N–H and O–H groups in total. The summed E-state index contributed by atoms with van der Waals surface area (Å²) in [6, 6.07) is 6.76. The van der Waals surface area contributed by atoms with E-state index in [4.69, 9.17) is 0 Å². The molecule has 0 saturated carbocycles. The van der Waals surface area contributed by atoms with Crippen LogP contribution in [0.2, 0.25) is 0 Å². The number of benzene rings is 1. The van der Waals surface area contributed by atoms with Crippen molar-refractivity contribution in [2.75, 3.05) is 13.1 Å². The first kappa shape index (κ1) is 15.2. The third-order valence-corrected chi connectivity index (χ3v) is 4.04. The molecule has 20 heavy (non-hydrogen) atoms. The summed E-state index contributed by atoms with van der Waals surface area (Å²) < 4.78 is 38.7. The first-order chi connectivity index (χ1) is 9.43. The van der Waals surface area contributed by atoms with Crippen LogP contribution in [0.15, 0.2) is 24.3 Å². The van der Waals surface area contributed by atoms with Crippen LogP contribution in [-0.2, 0) is 0 Å². The maximum Gasteiger partial charge on any atom is 0.393 e. The summed E-state index contributed by atoms with van der Waals surface area (Å²) in [4.78, 5) is 1.86. The van der Waals surface area contributed by atoms with E-state index >= 15 is 0 Å². The average molecular weight is 287 g/mol. The Labute approximate surface area is 117 Å². The van der Waals surface area contributed by atoms with Crippen molar-refractivity contribution in [3.05, 3.63) is 29.8 Å². The highest BCUT2D eigenvalue weighted by molar-refractivity contribution is 5.34. The molecule has 1 saturated heterocycles. The minimum Gasteiger partial charge on any atom is -0.508 e. The molecule has 2 nitrogen and oxygen atoms in total. The Balaban J connectivity index is 2.18. The number of phenolic OH excluding ortho intramolecular Hbond substituents is 1. The molecule has 0 spiro atoms. The highest BCUT2D eigenvalue weighted by atomic mass is 19.4. The molecule has 1 heterocycles. The molecule has 2 unspecified atom stereocenters. The molecule has 5 heteroatoms. The summed E-state index contributed by atoms with van der Waals surface area (Å²) in [5, 5.41) is 9.92. The van der Waals surface area contributed by atoms with Crippen LogP contribution in [0.3, 0.4) is 0 Å². The maximum absolute atomic E-state index is 12.9. The smallest absolute Gasteiger partial charge is 0.393 e. The number of phenols is 1. The zero-order valence-electron chi connectivity index (χ0n) is 11.5. The standard InChI is InChI=1S/C15H20F3NO/c1-2-13(12-7-3-4-8-14(12)20)19-9-5-6-11(10-19)15(16,17)18/h3-4,7-8,11,13,20H,2,5-6,9-10H2,1H3. The van der Waals surface area contributed by atoms with Crippen LogP contribution in [-0.4, -0.2) is 29.3 Å². The molecule has 2 rings (SSSR count). The zero-order chi connectivity index (χ0) is 14.8. The summed E-state index contributed by atoms with van der Waals surface area (Å²) >= 11 is 0. The minimum absolute atomic E-state index is 0.0241. The van der Waals surface area contributed by atoms with E-state index in [1.807, 2.05) is 17.9 Å². The summed E-state index contributed by atoms with van der Waals surface area (Å²) in [6.45, 7) is 2.62. The molecule has 1 aromatic carbocycles. The number of para-hydroxylation sites is 1. The number of hydrogen-bond donors (Lipinski definition) is 1. The molecule has 0 radical (unpaired) electrons. The van der Waals surface area contributed by atoms with Gasteiger partial charge in [-0.1, -0.05) is 25.1 Å². The lowest BCUT2D eigenvalue weighted by Gasteiger charge is -2.39. The van der Waals surface area contributed by atoms with Gasteiger partial charge in [0, 0.05) is 18.2 Å². The Morgan fingerprint density at radius 1 is 1.35 bits per heavy atom. The number of alkyl halides is 3. The first-order valence-corrected chi connectivity index (χ1v) is 7.02. The number of rotatable bonds is 3. The fourth-order valence-corrected chi connectivity index (χ4v) is 3.00. The van der Waals surface area contributed by atoms with Crippen molar-refractivity contribution in [1.82, 2.24) is 4.90 Å². The number of nitrogens with zero attached hydrogens (tertiary/aromatic N) is 1. The van der Waals surface area contributed by atoms with Crippen molar-refractivity contribution < 1.29 is 18.3 Å². The van der Waals surface area contributed by atoms with E-state index in [9.17, 15) is 18.3 Å². The van der Waals surface area contributed by atoms with Gasteiger partial charge < -0.3 is 5.11 Å². The first-order valence-electron chi connectivity index (χ1n) is 7.02. The number of aromatic hydroxyl groups is 1. The second kappa shape index (κ2) is 6.04. The zero-order valence-corrected chi connectivity index (χ0v) is 11.5. The summed E-state index contributed by atoms with van der Waals surface area (Å²) in [5.74, 6) is -1.09. The second-order valence-corrected chi connectivity index (χ2v) is 5.36. The normalized spacial score (nSPS) is 22.7. The average Bonchev–Trinajstić information content (AvgIpc) is 2.41. The minimum atomic E-state index is -4.13. The Kier molecular flexibility index (Phi) is 4.58. The van der Waals surface area contributed by atoms with Gasteiger partial charge in [-0.3, -0.25) is 4.90 Å². The van der Waals surface area contributed by atoms with Gasteiger partial charge in [-0.15, -0.1) is 0 Å². The fourth-order valence-electron chi connectivity index (χ4n) is 3.00. The third kappa shape index (κ3) is 3.26. The molecule has 0 amide bonds. The van der Waals surface area contributed by atoms with Crippen LogP contribution in [0.4, 0.5) is 13.2 Å². The monoisotopic (exact) mass is 287 g/mol. The maximum atomic E-state index is 12.9. The van der Waals surface area contributed by atoms with Gasteiger partial charge in [0.2, 0.25) is 0 Å². The van der Waals surface area contributed by atoms with Gasteiger partial charge in [0.05, 0.1) is 5.92 Å². The van der Waals surface area contributed by atoms with E-state index in [0.717, 1.165) is 5.56 Å². The van der Waals surface area contributed by atoms with Gasteiger partial charge in [0.15, 0.2) is 0 Å². The molecule has 1 aliphatic heterocycles. The molecular formula is C15H20F3NO. The van der Waals surface area contributed by atoms with Crippen molar-refractivity contribution in [2.45, 2.75) is 38.4 Å². The van der Waals surface area contributed by atoms with Crippen molar-refractivity contribution in [1.29, 1.82) is 0 Å².